The molecule has 0 amide bonds. The predicted molar refractivity (Wildman–Crippen MR) is 104 cm³/mol. The Morgan fingerprint density at radius 3 is 2.64 bits per heavy atom. The van der Waals surface area contributed by atoms with E-state index in [1.54, 1.807) is 7.11 Å². The fraction of sp³-hybridized carbons (Fsp3) is 0.667. The van der Waals surface area contributed by atoms with Crippen molar-refractivity contribution in [3.8, 4) is 0 Å². The molecule has 3 heterocycles. The van der Waals surface area contributed by atoms with E-state index in [-0.39, 0.29) is 5.92 Å². The van der Waals surface area contributed by atoms with Crippen molar-refractivity contribution in [2.24, 2.45) is 5.92 Å². The average Bonchev–Trinajstić information content (AvgIpc) is 3.16. The Labute approximate surface area is 166 Å². The van der Waals surface area contributed by atoms with Crippen LogP contribution in [-0.4, -0.2) is 54.5 Å². The molecule has 0 saturated carbocycles. The third-order valence-electron chi connectivity index (χ3n) is 4.82. The summed E-state index contributed by atoms with van der Waals surface area (Å²) in [5.74, 6) is 3.35. The molecule has 9 nitrogen and oxygen atoms in total. The molecule has 156 valence electrons. The van der Waals surface area contributed by atoms with Crippen molar-refractivity contribution >= 4 is 10.0 Å². The molecule has 10 heteroatoms. The number of ether oxygens (including phenoxy) is 1. The molecule has 1 atom stereocenters. The van der Waals surface area contributed by atoms with Crippen LogP contribution < -0.4 is 4.72 Å². The van der Waals surface area contributed by atoms with Gasteiger partial charge >= 0.3 is 0 Å². The molecule has 2 aromatic rings. The van der Waals surface area contributed by atoms with Crippen LogP contribution in [0.5, 0.6) is 0 Å². The lowest BCUT2D eigenvalue weighted by Gasteiger charge is -2.22. The van der Waals surface area contributed by atoms with Crippen molar-refractivity contribution in [3.05, 3.63) is 35.3 Å². The highest BCUT2D eigenvalue weighted by atomic mass is 32.2. The van der Waals surface area contributed by atoms with Gasteiger partial charge in [-0.25, -0.2) is 13.1 Å². The van der Waals surface area contributed by atoms with Gasteiger partial charge in [0.25, 0.3) is 0 Å². The van der Waals surface area contributed by atoms with E-state index in [9.17, 15) is 8.42 Å². The summed E-state index contributed by atoms with van der Waals surface area (Å²) in [5, 5.41) is 8.64. The minimum atomic E-state index is -3.35. The zero-order valence-electron chi connectivity index (χ0n) is 16.9. The van der Waals surface area contributed by atoms with Gasteiger partial charge in [-0.05, 0) is 18.1 Å². The minimum Gasteiger partial charge on any atom is -0.462 e. The van der Waals surface area contributed by atoms with Crippen LogP contribution in [0.25, 0.3) is 0 Å². The first-order valence-electron chi connectivity index (χ1n) is 9.45. The predicted octanol–water partition coefficient (Wildman–Crippen LogP) is 1.32. The Hall–Kier alpha value is -1.75. The molecule has 0 saturated heterocycles. The number of nitrogens with zero attached hydrogens (tertiary/aromatic N) is 4. The average molecular weight is 412 g/mol. The first-order chi connectivity index (χ1) is 13.3. The molecular weight excluding hydrogens is 382 g/mol. The second-order valence-corrected chi connectivity index (χ2v) is 9.34. The molecule has 3 rings (SSSR count). The summed E-state index contributed by atoms with van der Waals surface area (Å²) in [7, 11) is -1.70. The molecule has 0 spiro atoms. The molecule has 0 unspecified atom stereocenters. The Kier molecular flexibility index (Phi) is 6.54. The molecule has 28 heavy (non-hydrogen) atoms. The monoisotopic (exact) mass is 411 g/mol. The van der Waals surface area contributed by atoms with E-state index < -0.39 is 16.1 Å². The van der Waals surface area contributed by atoms with E-state index in [0.29, 0.717) is 25.5 Å². The lowest BCUT2D eigenvalue weighted by Crippen LogP contribution is -2.33. The van der Waals surface area contributed by atoms with E-state index in [4.69, 9.17) is 9.15 Å². The summed E-state index contributed by atoms with van der Waals surface area (Å²) >= 11 is 0. The Bertz CT molecular complexity index is 890. The lowest BCUT2D eigenvalue weighted by molar-refractivity contribution is 0.159. The zero-order chi connectivity index (χ0) is 20.3. The molecule has 0 radical (unpaired) electrons. The van der Waals surface area contributed by atoms with Gasteiger partial charge in [0.05, 0.1) is 18.8 Å². The number of aromatic nitrogens is 3. The van der Waals surface area contributed by atoms with Crippen LogP contribution in [-0.2, 0) is 40.9 Å². The number of furan rings is 1. The number of rotatable bonds is 8. The van der Waals surface area contributed by atoms with Crippen LogP contribution in [0.15, 0.2) is 16.5 Å². The fourth-order valence-corrected chi connectivity index (χ4v) is 4.28. The summed E-state index contributed by atoms with van der Waals surface area (Å²) in [6, 6.07) is 3.52. The van der Waals surface area contributed by atoms with Crippen LogP contribution in [0, 0.1) is 5.92 Å². The summed E-state index contributed by atoms with van der Waals surface area (Å²) in [4.78, 5) is 2.31. The second-order valence-electron chi connectivity index (χ2n) is 7.56. The molecule has 2 aromatic heterocycles. The van der Waals surface area contributed by atoms with Crippen molar-refractivity contribution in [1.82, 2.24) is 24.4 Å². The standard InChI is InChI=1S/C18H29N5O4S/c1-13(2)17(21-28(4,24)25)18-20-19-16-7-8-22(9-10-23(16)18)11-14-5-6-15(27-14)12-26-3/h5-6,13,17,21H,7-12H2,1-4H3/t17-/m0/s1. The maximum atomic E-state index is 11.8. The van der Waals surface area contributed by atoms with Gasteiger partial charge in [0.1, 0.15) is 24.0 Å². The Morgan fingerprint density at radius 2 is 1.96 bits per heavy atom. The van der Waals surface area contributed by atoms with Gasteiger partial charge in [0.15, 0.2) is 5.82 Å². The van der Waals surface area contributed by atoms with Crippen LogP contribution in [0.4, 0.5) is 0 Å². The van der Waals surface area contributed by atoms with Gasteiger partial charge in [0, 0.05) is 33.2 Å². The largest absolute Gasteiger partial charge is 0.462 e. The van der Waals surface area contributed by atoms with E-state index in [1.807, 2.05) is 26.0 Å². The Morgan fingerprint density at radius 1 is 1.21 bits per heavy atom. The topological polar surface area (TPSA) is 102 Å². The van der Waals surface area contributed by atoms with Crippen LogP contribution in [0.2, 0.25) is 0 Å². The maximum absolute atomic E-state index is 11.8. The highest BCUT2D eigenvalue weighted by molar-refractivity contribution is 7.88. The lowest BCUT2D eigenvalue weighted by atomic mass is 10.1. The number of hydrogen-bond donors (Lipinski definition) is 1. The summed E-state index contributed by atoms with van der Waals surface area (Å²) in [5.41, 5.74) is 0. The van der Waals surface area contributed by atoms with Crippen LogP contribution >= 0.6 is 0 Å². The van der Waals surface area contributed by atoms with Gasteiger partial charge in [-0.2, -0.15) is 0 Å². The first kappa shape index (κ1) is 21.0. The number of nitrogens with one attached hydrogen (secondary N) is 1. The maximum Gasteiger partial charge on any atom is 0.209 e. The van der Waals surface area contributed by atoms with Crippen molar-refractivity contribution in [3.63, 3.8) is 0 Å². The van der Waals surface area contributed by atoms with E-state index >= 15 is 0 Å². The van der Waals surface area contributed by atoms with Crippen LogP contribution in [0.3, 0.4) is 0 Å². The summed E-state index contributed by atoms with van der Waals surface area (Å²) in [6.07, 6.45) is 1.92. The fourth-order valence-electron chi connectivity index (χ4n) is 3.44. The summed E-state index contributed by atoms with van der Waals surface area (Å²) < 4.78 is 39.2. The quantitative estimate of drug-likeness (QED) is 0.699. The van der Waals surface area contributed by atoms with Crippen molar-refractivity contribution in [1.29, 1.82) is 0 Å². The third-order valence-corrected chi connectivity index (χ3v) is 5.50. The molecule has 1 N–H and O–H groups in total. The van der Waals surface area contributed by atoms with Crippen molar-refractivity contribution < 1.29 is 17.6 Å². The van der Waals surface area contributed by atoms with Gasteiger partial charge in [0.2, 0.25) is 10.0 Å². The van der Waals surface area contributed by atoms with E-state index in [2.05, 4.69) is 24.4 Å². The van der Waals surface area contributed by atoms with Gasteiger partial charge < -0.3 is 13.7 Å². The molecule has 0 bridgehead atoms. The normalized spacial score (nSPS) is 16.9. The molecule has 0 fully saturated rings. The van der Waals surface area contributed by atoms with E-state index in [0.717, 1.165) is 36.9 Å². The molecule has 0 aliphatic carbocycles. The first-order valence-corrected chi connectivity index (χ1v) is 11.3. The number of sulfonamides is 1. The molecular formula is C18H29N5O4S. The zero-order valence-corrected chi connectivity index (χ0v) is 17.7. The van der Waals surface area contributed by atoms with E-state index in [1.165, 1.54) is 6.26 Å². The molecule has 1 aliphatic heterocycles. The van der Waals surface area contributed by atoms with Gasteiger partial charge in [-0.15, -0.1) is 10.2 Å². The van der Waals surface area contributed by atoms with Crippen molar-refractivity contribution in [2.45, 2.75) is 46.0 Å². The summed E-state index contributed by atoms with van der Waals surface area (Å²) in [6.45, 7) is 7.48. The molecule has 0 aromatic carbocycles. The van der Waals surface area contributed by atoms with Crippen LogP contribution in [0.1, 0.15) is 43.1 Å². The SMILES string of the molecule is COCc1ccc(CN2CCc3nnc([C@@H](NS(C)(=O)=O)C(C)C)n3CC2)o1. The number of hydrogen-bond acceptors (Lipinski definition) is 7. The van der Waals surface area contributed by atoms with Crippen molar-refractivity contribution in [2.75, 3.05) is 26.5 Å². The highest BCUT2D eigenvalue weighted by Crippen LogP contribution is 2.23. The number of methoxy groups -OCH3 is 1. The minimum absolute atomic E-state index is 0.0599. The van der Waals surface area contributed by atoms with Gasteiger partial charge in [-0.3, -0.25) is 4.90 Å². The smallest absolute Gasteiger partial charge is 0.209 e. The third kappa shape index (κ3) is 5.19. The van der Waals surface area contributed by atoms with Gasteiger partial charge in [-0.1, -0.05) is 13.8 Å². The number of fused-ring (bicyclic) bond motifs is 1. The highest BCUT2D eigenvalue weighted by Gasteiger charge is 2.28. The second kappa shape index (κ2) is 8.73. The Balaban J connectivity index is 1.71. The molecule has 1 aliphatic rings.